The normalized spacial score (nSPS) is 14.1. The predicted molar refractivity (Wildman–Crippen MR) is 109 cm³/mol. The molecule has 0 bridgehead atoms. The third-order valence-electron chi connectivity index (χ3n) is 4.82. The third kappa shape index (κ3) is 5.47. The molecule has 1 saturated heterocycles. The molecule has 0 spiro atoms. The first-order valence-corrected chi connectivity index (χ1v) is 9.52. The summed E-state index contributed by atoms with van der Waals surface area (Å²) in [5, 5.41) is 3.01. The highest BCUT2D eigenvalue weighted by Gasteiger charge is 2.14. The van der Waals surface area contributed by atoms with Crippen molar-refractivity contribution in [2.45, 2.75) is 26.2 Å². The lowest BCUT2D eigenvalue weighted by Gasteiger charge is -2.29. The number of anilines is 2. The van der Waals surface area contributed by atoms with E-state index in [1.54, 1.807) is 7.11 Å². The Labute approximate surface area is 161 Å². The number of ether oxygens (including phenoxy) is 2. The molecule has 2 aromatic carbocycles. The Morgan fingerprint density at radius 2 is 1.89 bits per heavy atom. The lowest BCUT2D eigenvalue weighted by Crippen LogP contribution is -2.36. The van der Waals surface area contributed by atoms with Gasteiger partial charge in [-0.1, -0.05) is 29.8 Å². The zero-order chi connectivity index (χ0) is 19.1. The first-order valence-electron chi connectivity index (χ1n) is 9.52. The van der Waals surface area contributed by atoms with Crippen molar-refractivity contribution in [3.63, 3.8) is 0 Å². The van der Waals surface area contributed by atoms with Gasteiger partial charge in [0.15, 0.2) is 0 Å². The van der Waals surface area contributed by atoms with Gasteiger partial charge >= 0.3 is 0 Å². The minimum absolute atomic E-state index is 0.0135. The molecule has 0 aromatic heterocycles. The van der Waals surface area contributed by atoms with Gasteiger partial charge in [0.05, 0.1) is 26.0 Å². The zero-order valence-corrected chi connectivity index (χ0v) is 16.2. The Bertz CT molecular complexity index is 753. The molecule has 1 N–H and O–H groups in total. The van der Waals surface area contributed by atoms with Crippen LogP contribution in [0.25, 0.3) is 0 Å². The Morgan fingerprint density at radius 3 is 2.59 bits per heavy atom. The van der Waals surface area contributed by atoms with E-state index in [1.807, 2.05) is 18.2 Å². The van der Waals surface area contributed by atoms with Gasteiger partial charge in [0.2, 0.25) is 5.91 Å². The Morgan fingerprint density at radius 1 is 1.15 bits per heavy atom. The second-order valence-electron chi connectivity index (χ2n) is 6.87. The largest absolute Gasteiger partial charge is 0.495 e. The summed E-state index contributed by atoms with van der Waals surface area (Å²) in [5.41, 5.74) is 4.32. The molecule has 0 atom stereocenters. The number of carbonyl (C=O) groups is 1. The van der Waals surface area contributed by atoms with E-state index in [0.29, 0.717) is 12.2 Å². The lowest BCUT2D eigenvalue weighted by molar-refractivity contribution is -0.116. The number of rotatable bonds is 7. The van der Waals surface area contributed by atoms with Crippen molar-refractivity contribution in [2.24, 2.45) is 0 Å². The van der Waals surface area contributed by atoms with Gasteiger partial charge in [-0.3, -0.25) is 4.79 Å². The number of methoxy groups -OCH3 is 1. The number of nitrogens with one attached hydrogen (secondary N) is 1. The number of morpholine rings is 1. The van der Waals surface area contributed by atoms with E-state index in [1.165, 1.54) is 11.1 Å². The van der Waals surface area contributed by atoms with E-state index in [9.17, 15) is 4.79 Å². The minimum Gasteiger partial charge on any atom is -0.495 e. The molecule has 2 aromatic rings. The first-order chi connectivity index (χ1) is 13.2. The molecule has 1 aliphatic rings. The fourth-order valence-corrected chi connectivity index (χ4v) is 3.23. The van der Waals surface area contributed by atoms with Gasteiger partial charge in [0, 0.05) is 25.2 Å². The van der Waals surface area contributed by atoms with Crippen molar-refractivity contribution >= 4 is 17.3 Å². The van der Waals surface area contributed by atoms with Crippen LogP contribution in [0.1, 0.15) is 24.0 Å². The highest BCUT2D eigenvalue weighted by atomic mass is 16.5. The summed E-state index contributed by atoms with van der Waals surface area (Å²) in [4.78, 5) is 14.7. The van der Waals surface area contributed by atoms with Crippen LogP contribution < -0.4 is 15.0 Å². The van der Waals surface area contributed by atoms with Crippen molar-refractivity contribution in [1.29, 1.82) is 0 Å². The van der Waals surface area contributed by atoms with Gasteiger partial charge in [0.1, 0.15) is 5.75 Å². The molecule has 3 rings (SSSR count). The summed E-state index contributed by atoms with van der Waals surface area (Å²) >= 11 is 0. The van der Waals surface area contributed by atoms with E-state index >= 15 is 0 Å². The monoisotopic (exact) mass is 368 g/mol. The molecule has 5 heteroatoms. The molecule has 1 aliphatic heterocycles. The molecule has 0 saturated carbocycles. The van der Waals surface area contributed by atoms with Crippen LogP contribution in [-0.2, 0) is 16.0 Å². The summed E-state index contributed by atoms with van der Waals surface area (Å²) in [6.07, 6.45) is 2.21. The zero-order valence-electron chi connectivity index (χ0n) is 16.2. The molecule has 1 fully saturated rings. The smallest absolute Gasteiger partial charge is 0.224 e. The molecule has 0 aliphatic carbocycles. The highest BCUT2D eigenvalue weighted by molar-refractivity contribution is 5.93. The maximum absolute atomic E-state index is 12.4. The van der Waals surface area contributed by atoms with Gasteiger partial charge < -0.3 is 19.7 Å². The van der Waals surface area contributed by atoms with Crippen LogP contribution in [-0.4, -0.2) is 39.3 Å². The predicted octanol–water partition coefficient (Wildman–Crippen LogP) is 3.80. The standard InChI is InChI=1S/C22H28N2O3/c1-17-6-8-18(9-7-17)4-3-5-22(25)23-20-16-19(10-11-21(20)26-2)24-12-14-27-15-13-24/h6-11,16H,3-5,12-15H2,1-2H3,(H,23,25). The van der Waals surface area contributed by atoms with Gasteiger partial charge in [-0.25, -0.2) is 0 Å². The topological polar surface area (TPSA) is 50.8 Å². The number of nitrogens with zero attached hydrogens (tertiary/aromatic N) is 1. The van der Waals surface area contributed by atoms with Gasteiger partial charge in [-0.05, 0) is 43.5 Å². The number of hydrogen-bond acceptors (Lipinski definition) is 4. The average Bonchev–Trinajstić information content (AvgIpc) is 2.70. The highest BCUT2D eigenvalue weighted by Crippen LogP contribution is 2.30. The number of hydrogen-bond donors (Lipinski definition) is 1. The molecule has 0 radical (unpaired) electrons. The van der Waals surface area contributed by atoms with Gasteiger partial charge in [-0.15, -0.1) is 0 Å². The van der Waals surface area contributed by atoms with Crippen molar-refractivity contribution < 1.29 is 14.3 Å². The SMILES string of the molecule is COc1ccc(N2CCOCC2)cc1NC(=O)CCCc1ccc(C)cc1. The number of benzene rings is 2. The molecule has 0 unspecified atom stereocenters. The lowest BCUT2D eigenvalue weighted by atomic mass is 10.1. The Kier molecular flexibility index (Phi) is 6.71. The molecular formula is C22H28N2O3. The summed E-state index contributed by atoms with van der Waals surface area (Å²) < 4.78 is 10.8. The average molecular weight is 368 g/mol. The van der Waals surface area contributed by atoms with Crippen molar-refractivity contribution in [2.75, 3.05) is 43.6 Å². The van der Waals surface area contributed by atoms with Crippen LogP contribution in [0.5, 0.6) is 5.75 Å². The van der Waals surface area contributed by atoms with Gasteiger partial charge in [0.25, 0.3) is 0 Å². The fraction of sp³-hybridized carbons (Fsp3) is 0.409. The second kappa shape index (κ2) is 9.42. The van der Waals surface area contributed by atoms with Crippen molar-refractivity contribution in [1.82, 2.24) is 0 Å². The number of amides is 1. The number of carbonyl (C=O) groups excluding carboxylic acids is 1. The third-order valence-corrected chi connectivity index (χ3v) is 4.82. The fourth-order valence-electron chi connectivity index (χ4n) is 3.23. The first kappa shape index (κ1) is 19.2. The van der Waals surface area contributed by atoms with E-state index in [0.717, 1.165) is 50.5 Å². The van der Waals surface area contributed by atoms with Gasteiger partial charge in [-0.2, -0.15) is 0 Å². The Hall–Kier alpha value is -2.53. The quantitative estimate of drug-likeness (QED) is 0.808. The second-order valence-corrected chi connectivity index (χ2v) is 6.87. The van der Waals surface area contributed by atoms with E-state index < -0.39 is 0 Å². The van der Waals surface area contributed by atoms with Crippen molar-refractivity contribution in [3.8, 4) is 5.75 Å². The van der Waals surface area contributed by atoms with Crippen LogP contribution in [0.2, 0.25) is 0 Å². The van der Waals surface area contributed by atoms with E-state index in [4.69, 9.17) is 9.47 Å². The minimum atomic E-state index is 0.0135. The van der Waals surface area contributed by atoms with E-state index in [2.05, 4.69) is 41.4 Å². The summed E-state index contributed by atoms with van der Waals surface area (Å²) in [6, 6.07) is 14.4. The molecule has 27 heavy (non-hydrogen) atoms. The van der Waals surface area contributed by atoms with Crippen LogP contribution in [0.4, 0.5) is 11.4 Å². The summed E-state index contributed by atoms with van der Waals surface area (Å²) in [5.74, 6) is 0.693. The van der Waals surface area contributed by atoms with Crippen LogP contribution >= 0.6 is 0 Å². The van der Waals surface area contributed by atoms with Crippen LogP contribution in [0.15, 0.2) is 42.5 Å². The molecule has 1 heterocycles. The molecule has 1 amide bonds. The summed E-state index contributed by atoms with van der Waals surface area (Å²) in [6.45, 7) is 5.25. The maximum Gasteiger partial charge on any atom is 0.224 e. The Balaban J connectivity index is 1.57. The maximum atomic E-state index is 12.4. The van der Waals surface area contributed by atoms with Crippen LogP contribution in [0, 0.1) is 6.92 Å². The molecule has 144 valence electrons. The molecular weight excluding hydrogens is 340 g/mol. The van der Waals surface area contributed by atoms with Crippen LogP contribution in [0.3, 0.4) is 0 Å². The summed E-state index contributed by atoms with van der Waals surface area (Å²) in [7, 11) is 1.62. The molecule has 5 nitrogen and oxygen atoms in total. The van der Waals surface area contributed by atoms with Crippen molar-refractivity contribution in [3.05, 3.63) is 53.6 Å². The number of aryl methyl sites for hydroxylation is 2. The van der Waals surface area contributed by atoms with E-state index in [-0.39, 0.29) is 5.91 Å².